The van der Waals surface area contributed by atoms with Gasteiger partial charge in [-0.05, 0) is 24.6 Å². The van der Waals surface area contributed by atoms with E-state index in [1.165, 1.54) is 0 Å². The van der Waals surface area contributed by atoms with Gasteiger partial charge in [-0.3, -0.25) is 4.79 Å². The Hall–Kier alpha value is -2.28. The van der Waals surface area contributed by atoms with Crippen LogP contribution in [-0.4, -0.2) is 10.1 Å². The molecular formula is C13H12N2O2. The van der Waals surface area contributed by atoms with E-state index in [1.807, 2.05) is 13.0 Å². The van der Waals surface area contributed by atoms with Gasteiger partial charge in [-0.2, -0.15) is 5.26 Å². The van der Waals surface area contributed by atoms with Gasteiger partial charge >= 0.3 is 0 Å². The van der Waals surface area contributed by atoms with Crippen LogP contribution < -0.4 is 5.56 Å². The lowest BCUT2D eigenvalue weighted by Crippen LogP contribution is -2.12. The first-order valence-corrected chi connectivity index (χ1v) is 5.45. The quantitative estimate of drug-likeness (QED) is 0.825. The van der Waals surface area contributed by atoms with Gasteiger partial charge in [0.1, 0.15) is 5.75 Å². The number of aromatic nitrogens is 1. The smallest absolute Gasteiger partial charge is 0.255 e. The monoisotopic (exact) mass is 228 g/mol. The van der Waals surface area contributed by atoms with E-state index in [-0.39, 0.29) is 11.3 Å². The number of pyridine rings is 1. The van der Waals surface area contributed by atoms with E-state index >= 15 is 0 Å². The number of nitrogens with one attached hydrogen (secondary N) is 1. The van der Waals surface area contributed by atoms with Crippen molar-refractivity contribution in [1.29, 1.82) is 5.26 Å². The summed E-state index contributed by atoms with van der Waals surface area (Å²) in [5.74, 6) is -0.0114. The first-order valence-electron chi connectivity index (χ1n) is 5.45. The van der Waals surface area contributed by atoms with Crippen LogP contribution in [0, 0.1) is 11.3 Å². The molecule has 0 saturated carbocycles. The molecule has 0 amide bonds. The van der Waals surface area contributed by atoms with Crippen LogP contribution in [0.5, 0.6) is 5.75 Å². The van der Waals surface area contributed by atoms with Gasteiger partial charge in [0.05, 0.1) is 22.7 Å². The van der Waals surface area contributed by atoms with Crippen LogP contribution in [0.2, 0.25) is 0 Å². The van der Waals surface area contributed by atoms with Gasteiger partial charge in [0.2, 0.25) is 0 Å². The van der Waals surface area contributed by atoms with Crippen LogP contribution in [0.25, 0.3) is 10.9 Å². The Labute approximate surface area is 98.1 Å². The van der Waals surface area contributed by atoms with E-state index in [4.69, 9.17) is 5.26 Å². The average molecular weight is 228 g/mol. The SMILES string of the molecule is CCCc1c(O)c2cc(C#N)ccc2[nH]c1=O. The molecule has 0 aliphatic carbocycles. The predicted octanol–water partition coefficient (Wildman–Crippen LogP) is 2.06. The minimum Gasteiger partial charge on any atom is -0.507 e. The average Bonchev–Trinajstić information content (AvgIpc) is 2.34. The molecule has 4 heteroatoms. The molecular weight excluding hydrogens is 216 g/mol. The molecule has 0 bridgehead atoms. The maximum absolute atomic E-state index is 11.7. The van der Waals surface area contributed by atoms with Gasteiger partial charge in [0.25, 0.3) is 5.56 Å². The van der Waals surface area contributed by atoms with E-state index in [0.29, 0.717) is 28.5 Å². The highest BCUT2D eigenvalue weighted by Gasteiger charge is 2.11. The number of aromatic hydroxyl groups is 1. The first kappa shape index (κ1) is 11.2. The number of fused-ring (bicyclic) bond motifs is 1. The van der Waals surface area contributed by atoms with Crippen molar-refractivity contribution in [2.24, 2.45) is 0 Å². The molecule has 0 aliphatic rings. The van der Waals surface area contributed by atoms with Crippen molar-refractivity contribution in [2.45, 2.75) is 19.8 Å². The number of H-pyrrole nitrogens is 1. The molecule has 0 fully saturated rings. The molecule has 2 N–H and O–H groups in total. The Kier molecular flexibility index (Phi) is 2.84. The summed E-state index contributed by atoms with van der Waals surface area (Å²) < 4.78 is 0. The van der Waals surface area contributed by atoms with Gasteiger partial charge in [-0.25, -0.2) is 0 Å². The Morgan fingerprint density at radius 3 is 2.88 bits per heavy atom. The zero-order valence-corrected chi connectivity index (χ0v) is 9.45. The molecule has 1 heterocycles. The fraction of sp³-hybridized carbons (Fsp3) is 0.231. The summed E-state index contributed by atoms with van der Waals surface area (Å²) in [6.07, 6.45) is 1.30. The van der Waals surface area contributed by atoms with Gasteiger partial charge in [0.15, 0.2) is 0 Å². The first-order chi connectivity index (χ1) is 8.17. The molecule has 0 saturated heterocycles. The van der Waals surface area contributed by atoms with E-state index < -0.39 is 0 Å². The van der Waals surface area contributed by atoms with Crippen molar-refractivity contribution >= 4 is 10.9 Å². The van der Waals surface area contributed by atoms with E-state index in [2.05, 4.69) is 4.98 Å². The lowest BCUT2D eigenvalue weighted by molar-refractivity contribution is 0.472. The summed E-state index contributed by atoms with van der Waals surface area (Å²) in [5.41, 5.74) is 1.13. The Balaban J connectivity index is 2.80. The molecule has 0 aliphatic heterocycles. The van der Waals surface area contributed by atoms with E-state index in [9.17, 15) is 9.90 Å². The Bertz CT molecular complexity index is 665. The summed E-state index contributed by atoms with van der Waals surface area (Å²) in [5, 5.41) is 19.4. The van der Waals surface area contributed by atoms with Crippen LogP contribution in [0.4, 0.5) is 0 Å². The maximum atomic E-state index is 11.7. The van der Waals surface area contributed by atoms with Crippen molar-refractivity contribution in [3.8, 4) is 11.8 Å². The zero-order valence-electron chi connectivity index (χ0n) is 9.45. The number of hydrogen-bond donors (Lipinski definition) is 2. The third-order valence-corrected chi connectivity index (χ3v) is 2.71. The normalized spacial score (nSPS) is 10.4. The molecule has 17 heavy (non-hydrogen) atoms. The van der Waals surface area contributed by atoms with Crippen LogP contribution in [-0.2, 0) is 6.42 Å². The van der Waals surface area contributed by atoms with Crippen LogP contribution in [0.15, 0.2) is 23.0 Å². The third kappa shape index (κ3) is 1.87. The number of nitrogens with zero attached hydrogens (tertiary/aromatic N) is 1. The minimum absolute atomic E-state index is 0.0114. The van der Waals surface area contributed by atoms with Gasteiger partial charge in [-0.15, -0.1) is 0 Å². The molecule has 0 atom stereocenters. The van der Waals surface area contributed by atoms with Crippen molar-refractivity contribution in [2.75, 3.05) is 0 Å². The van der Waals surface area contributed by atoms with E-state index in [1.54, 1.807) is 18.2 Å². The van der Waals surface area contributed by atoms with Gasteiger partial charge < -0.3 is 10.1 Å². The lowest BCUT2D eigenvalue weighted by atomic mass is 10.1. The highest BCUT2D eigenvalue weighted by Crippen LogP contribution is 2.26. The number of nitriles is 1. The fourth-order valence-electron chi connectivity index (χ4n) is 1.87. The summed E-state index contributed by atoms with van der Waals surface area (Å²) >= 11 is 0. The Morgan fingerprint density at radius 1 is 1.47 bits per heavy atom. The van der Waals surface area contributed by atoms with Crippen LogP contribution >= 0.6 is 0 Å². The topological polar surface area (TPSA) is 76.9 Å². The van der Waals surface area contributed by atoms with Gasteiger partial charge in [-0.1, -0.05) is 13.3 Å². The van der Waals surface area contributed by atoms with Crippen molar-refractivity contribution in [3.05, 3.63) is 39.7 Å². The van der Waals surface area contributed by atoms with Crippen molar-refractivity contribution in [3.63, 3.8) is 0 Å². The molecule has 2 aromatic rings. The Morgan fingerprint density at radius 2 is 2.24 bits per heavy atom. The third-order valence-electron chi connectivity index (χ3n) is 2.71. The van der Waals surface area contributed by atoms with Crippen molar-refractivity contribution < 1.29 is 5.11 Å². The number of aromatic amines is 1. The predicted molar refractivity (Wildman–Crippen MR) is 64.9 cm³/mol. The molecule has 0 radical (unpaired) electrons. The second-order valence-electron chi connectivity index (χ2n) is 3.90. The lowest BCUT2D eigenvalue weighted by Gasteiger charge is -2.06. The molecule has 2 rings (SSSR count). The van der Waals surface area contributed by atoms with E-state index in [0.717, 1.165) is 6.42 Å². The fourth-order valence-corrected chi connectivity index (χ4v) is 1.87. The highest BCUT2D eigenvalue weighted by molar-refractivity contribution is 5.86. The number of hydrogen-bond acceptors (Lipinski definition) is 3. The highest BCUT2D eigenvalue weighted by atomic mass is 16.3. The molecule has 0 spiro atoms. The summed E-state index contributed by atoms with van der Waals surface area (Å²) in [7, 11) is 0. The standard InChI is InChI=1S/C13H12N2O2/c1-2-3-9-12(16)10-6-8(7-14)4-5-11(10)15-13(9)17/h4-6H,2-3H2,1H3,(H2,15,16,17). The summed E-state index contributed by atoms with van der Waals surface area (Å²) in [6.45, 7) is 1.94. The van der Waals surface area contributed by atoms with Crippen molar-refractivity contribution in [1.82, 2.24) is 4.98 Å². The van der Waals surface area contributed by atoms with Gasteiger partial charge in [0, 0.05) is 5.39 Å². The minimum atomic E-state index is -0.262. The number of benzene rings is 1. The molecule has 1 aromatic heterocycles. The molecule has 1 aromatic carbocycles. The second kappa shape index (κ2) is 4.30. The van der Waals surface area contributed by atoms with Crippen LogP contribution in [0.1, 0.15) is 24.5 Å². The molecule has 0 unspecified atom stereocenters. The molecule has 86 valence electrons. The largest absolute Gasteiger partial charge is 0.507 e. The molecule has 4 nitrogen and oxygen atoms in total. The number of rotatable bonds is 2. The maximum Gasteiger partial charge on any atom is 0.255 e. The summed E-state index contributed by atoms with van der Waals surface area (Å²) in [6, 6.07) is 6.83. The summed E-state index contributed by atoms with van der Waals surface area (Å²) in [4.78, 5) is 14.4. The van der Waals surface area contributed by atoms with Crippen LogP contribution in [0.3, 0.4) is 0 Å². The zero-order chi connectivity index (χ0) is 12.4. The second-order valence-corrected chi connectivity index (χ2v) is 3.90.